The summed E-state index contributed by atoms with van der Waals surface area (Å²) in [5.41, 5.74) is 1.66. The number of aryl methyl sites for hydroxylation is 1. The molecule has 0 aliphatic heterocycles. The maximum absolute atomic E-state index is 8.36. The molecule has 2 nitrogen and oxygen atoms in total. The van der Waals surface area contributed by atoms with Crippen LogP contribution in [0.25, 0.3) is 0 Å². The maximum atomic E-state index is 8.36. The molecule has 1 rings (SSSR count). The third-order valence-corrected chi connectivity index (χ3v) is 1.75. The molecular weight excluding hydrogens is 160 g/mol. The molecule has 1 aromatic rings. The maximum Gasteiger partial charge on any atom is 0.0670 e. The van der Waals surface area contributed by atoms with Gasteiger partial charge < -0.3 is 0 Å². The summed E-state index contributed by atoms with van der Waals surface area (Å²) in [7, 11) is 0. The Kier molecular flexibility index (Phi) is 2.45. The van der Waals surface area contributed by atoms with E-state index in [1.165, 1.54) is 0 Å². The number of halogens is 1. The van der Waals surface area contributed by atoms with Crippen LogP contribution in [0.1, 0.15) is 11.3 Å². The van der Waals surface area contributed by atoms with Gasteiger partial charge in [-0.25, -0.2) is 0 Å². The first-order valence-corrected chi connectivity index (χ1v) is 3.60. The van der Waals surface area contributed by atoms with Gasteiger partial charge in [-0.3, -0.25) is 4.98 Å². The van der Waals surface area contributed by atoms with Crippen LogP contribution < -0.4 is 0 Å². The first kappa shape index (κ1) is 8.03. The molecule has 1 heterocycles. The zero-order valence-electron chi connectivity index (χ0n) is 6.13. The average molecular weight is 167 g/mol. The molecule has 0 aliphatic carbocycles. The number of aromatic nitrogens is 1. The fourth-order valence-electron chi connectivity index (χ4n) is 0.734. The third-order valence-electron chi connectivity index (χ3n) is 1.36. The molecule has 11 heavy (non-hydrogen) atoms. The molecule has 1 aromatic heterocycles. The van der Waals surface area contributed by atoms with Gasteiger partial charge in [0.05, 0.1) is 23.2 Å². The summed E-state index contributed by atoms with van der Waals surface area (Å²) in [6, 6.07) is 3.80. The van der Waals surface area contributed by atoms with Gasteiger partial charge in [0, 0.05) is 6.20 Å². The highest BCUT2D eigenvalue weighted by atomic mass is 35.5. The van der Waals surface area contributed by atoms with Crippen molar-refractivity contribution in [2.24, 2.45) is 0 Å². The van der Waals surface area contributed by atoms with Crippen LogP contribution in [0.4, 0.5) is 0 Å². The summed E-state index contributed by atoms with van der Waals surface area (Å²) in [6.07, 6.45) is 2.04. The van der Waals surface area contributed by atoms with Gasteiger partial charge in [-0.05, 0) is 18.6 Å². The Balaban J connectivity index is 2.98. The summed E-state index contributed by atoms with van der Waals surface area (Å²) in [6.45, 7) is 1.83. The second-order valence-electron chi connectivity index (χ2n) is 2.25. The van der Waals surface area contributed by atoms with Gasteiger partial charge in [-0.1, -0.05) is 11.6 Å². The fourth-order valence-corrected chi connectivity index (χ4v) is 0.923. The minimum atomic E-state index is 0.368. The van der Waals surface area contributed by atoms with Crippen molar-refractivity contribution in [1.29, 1.82) is 5.26 Å². The van der Waals surface area contributed by atoms with Gasteiger partial charge in [-0.2, -0.15) is 5.26 Å². The summed E-state index contributed by atoms with van der Waals surface area (Å²) in [5, 5.41) is 8.98. The zero-order valence-corrected chi connectivity index (χ0v) is 6.89. The molecule has 0 atom stereocenters. The summed E-state index contributed by atoms with van der Waals surface area (Å²) in [5.74, 6) is 0. The van der Waals surface area contributed by atoms with E-state index in [2.05, 4.69) is 4.98 Å². The molecule has 0 aliphatic rings. The van der Waals surface area contributed by atoms with Crippen LogP contribution in [0.5, 0.6) is 0 Å². The molecule has 0 amide bonds. The van der Waals surface area contributed by atoms with Gasteiger partial charge in [0.15, 0.2) is 0 Å². The van der Waals surface area contributed by atoms with E-state index in [1.807, 2.05) is 13.0 Å². The number of hydrogen-bond acceptors (Lipinski definition) is 2. The molecule has 0 N–H and O–H groups in total. The van der Waals surface area contributed by atoms with E-state index in [0.29, 0.717) is 11.4 Å². The van der Waals surface area contributed by atoms with Gasteiger partial charge in [0.2, 0.25) is 0 Å². The average Bonchev–Trinajstić information content (AvgIpc) is 1.98. The lowest BCUT2D eigenvalue weighted by molar-refractivity contribution is 1.13. The van der Waals surface area contributed by atoms with Gasteiger partial charge in [0.1, 0.15) is 0 Å². The molecular formula is C8H7ClN2. The van der Waals surface area contributed by atoms with Crippen molar-refractivity contribution in [3.8, 4) is 6.07 Å². The monoisotopic (exact) mass is 166 g/mol. The smallest absolute Gasteiger partial charge is 0.0670 e. The minimum Gasteiger partial charge on any atom is -0.260 e. The molecule has 0 fully saturated rings. The second kappa shape index (κ2) is 3.36. The topological polar surface area (TPSA) is 36.7 Å². The van der Waals surface area contributed by atoms with E-state index in [-0.39, 0.29) is 0 Å². The lowest BCUT2D eigenvalue weighted by atomic mass is 10.2. The van der Waals surface area contributed by atoms with E-state index in [1.54, 1.807) is 12.3 Å². The van der Waals surface area contributed by atoms with Crippen LogP contribution in [0.15, 0.2) is 12.3 Å². The predicted octanol–water partition coefficient (Wildman–Crippen LogP) is 2.11. The Morgan fingerprint density at radius 3 is 3.00 bits per heavy atom. The van der Waals surface area contributed by atoms with E-state index in [0.717, 1.165) is 11.3 Å². The van der Waals surface area contributed by atoms with E-state index >= 15 is 0 Å². The molecule has 0 saturated heterocycles. The number of rotatable bonds is 1. The van der Waals surface area contributed by atoms with Crippen molar-refractivity contribution in [1.82, 2.24) is 4.98 Å². The number of pyridine rings is 1. The Morgan fingerprint density at radius 2 is 2.45 bits per heavy atom. The Morgan fingerprint density at radius 1 is 1.73 bits per heavy atom. The van der Waals surface area contributed by atoms with Crippen molar-refractivity contribution >= 4 is 11.6 Å². The molecule has 3 heteroatoms. The van der Waals surface area contributed by atoms with Gasteiger partial charge >= 0.3 is 0 Å². The molecule has 0 radical (unpaired) electrons. The lowest BCUT2D eigenvalue weighted by Gasteiger charge is -1.97. The van der Waals surface area contributed by atoms with Crippen LogP contribution in [-0.4, -0.2) is 4.98 Å². The Hall–Kier alpha value is -1.07. The quantitative estimate of drug-likeness (QED) is 0.641. The highest BCUT2D eigenvalue weighted by Gasteiger charge is 1.97. The van der Waals surface area contributed by atoms with Crippen LogP contribution >= 0.6 is 11.6 Å². The minimum absolute atomic E-state index is 0.368. The van der Waals surface area contributed by atoms with Crippen molar-refractivity contribution in [2.45, 2.75) is 13.3 Å². The molecule has 0 saturated carbocycles. The highest BCUT2D eigenvalue weighted by molar-refractivity contribution is 6.31. The Labute approximate surface area is 70.4 Å². The number of nitrogens with zero attached hydrogens (tertiary/aromatic N) is 2. The molecule has 0 bridgehead atoms. The fraction of sp³-hybridized carbons (Fsp3) is 0.250. The molecule has 0 spiro atoms. The van der Waals surface area contributed by atoms with Crippen LogP contribution in [0, 0.1) is 18.3 Å². The predicted molar refractivity (Wildman–Crippen MR) is 43.3 cm³/mol. The standard InChI is InChI=1S/C8H7ClN2/c1-6-8(9)4-7(2-3-10)5-11-6/h4-5H,2H2,1H3. The molecule has 56 valence electrons. The Bertz CT molecular complexity index is 301. The van der Waals surface area contributed by atoms with E-state index < -0.39 is 0 Å². The molecule has 0 aromatic carbocycles. The number of nitriles is 1. The van der Waals surface area contributed by atoms with Gasteiger partial charge in [0.25, 0.3) is 0 Å². The van der Waals surface area contributed by atoms with Crippen molar-refractivity contribution < 1.29 is 0 Å². The largest absolute Gasteiger partial charge is 0.260 e. The summed E-state index contributed by atoms with van der Waals surface area (Å²) < 4.78 is 0. The second-order valence-corrected chi connectivity index (χ2v) is 2.65. The van der Waals surface area contributed by atoms with Crippen molar-refractivity contribution in [3.05, 3.63) is 28.5 Å². The van der Waals surface area contributed by atoms with Crippen LogP contribution in [0.2, 0.25) is 5.02 Å². The summed E-state index contributed by atoms with van der Waals surface area (Å²) >= 11 is 5.78. The van der Waals surface area contributed by atoms with E-state index in [4.69, 9.17) is 16.9 Å². The van der Waals surface area contributed by atoms with Crippen molar-refractivity contribution in [3.63, 3.8) is 0 Å². The number of hydrogen-bond donors (Lipinski definition) is 0. The lowest BCUT2D eigenvalue weighted by Crippen LogP contribution is -1.87. The molecule has 0 unspecified atom stereocenters. The van der Waals surface area contributed by atoms with Crippen LogP contribution in [0.3, 0.4) is 0 Å². The van der Waals surface area contributed by atoms with Crippen LogP contribution in [-0.2, 0) is 6.42 Å². The highest BCUT2D eigenvalue weighted by Crippen LogP contribution is 2.13. The zero-order chi connectivity index (χ0) is 8.27. The SMILES string of the molecule is Cc1ncc(CC#N)cc1Cl. The van der Waals surface area contributed by atoms with E-state index in [9.17, 15) is 0 Å². The normalized spacial score (nSPS) is 9.18. The first-order chi connectivity index (χ1) is 5.24. The third kappa shape index (κ3) is 1.92. The van der Waals surface area contributed by atoms with Crippen molar-refractivity contribution in [2.75, 3.05) is 0 Å². The van der Waals surface area contributed by atoms with Gasteiger partial charge in [-0.15, -0.1) is 0 Å². The first-order valence-electron chi connectivity index (χ1n) is 3.22. The summed E-state index contributed by atoms with van der Waals surface area (Å²) in [4.78, 5) is 4.01.